The maximum absolute atomic E-state index is 5.43. The van der Waals surface area contributed by atoms with Crippen LogP contribution in [0.2, 0.25) is 0 Å². The van der Waals surface area contributed by atoms with Crippen LogP contribution in [0, 0.1) is 0 Å². The van der Waals surface area contributed by atoms with Gasteiger partial charge in [-0.05, 0) is 13.3 Å². The predicted molar refractivity (Wildman–Crippen MR) is 42.7 cm³/mol. The normalized spacial score (nSPS) is 31.1. The highest BCUT2D eigenvalue weighted by Crippen LogP contribution is 2.11. The quantitative estimate of drug-likeness (QED) is 0.593. The molecule has 0 aromatic heterocycles. The lowest BCUT2D eigenvalue weighted by molar-refractivity contribution is 0.0724. The van der Waals surface area contributed by atoms with Crippen molar-refractivity contribution in [3.8, 4) is 0 Å². The number of nitrogens with zero attached hydrogens (tertiary/aromatic N) is 1. The summed E-state index contributed by atoms with van der Waals surface area (Å²) in [5.41, 5.74) is 0. The average Bonchev–Trinajstić information content (AvgIpc) is 2.38. The van der Waals surface area contributed by atoms with Crippen molar-refractivity contribution in [2.75, 3.05) is 26.9 Å². The molecule has 0 aromatic rings. The van der Waals surface area contributed by atoms with E-state index in [0.717, 1.165) is 26.2 Å². The number of rotatable bonds is 4. The first-order valence-electron chi connectivity index (χ1n) is 4.14. The summed E-state index contributed by atoms with van der Waals surface area (Å²) in [6, 6.07) is 0.372. The SMILES string of the molecule is CCOC1C[N]C(COC)C1. The largest absolute Gasteiger partial charge is 0.383 e. The number of hydrogen-bond acceptors (Lipinski definition) is 2. The summed E-state index contributed by atoms with van der Waals surface area (Å²) in [7, 11) is 1.71. The van der Waals surface area contributed by atoms with Gasteiger partial charge in [0.1, 0.15) is 0 Å². The van der Waals surface area contributed by atoms with Crippen LogP contribution >= 0.6 is 0 Å². The first kappa shape index (κ1) is 8.97. The summed E-state index contributed by atoms with van der Waals surface area (Å²) >= 11 is 0. The molecule has 0 amide bonds. The number of hydrogen-bond donors (Lipinski definition) is 0. The Hall–Kier alpha value is -0.120. The molecule has 2 atom stereocenters. The molecular formula is C8H16NO2. The number of ether oxygens (including phenoxy) is 2. The molecule has 1 heterocycles. The maximum atomic E-state index is 5.43. The van der Waals surface area contributed by atoms with E-state index in [-0.39, 0.29) is 0 Å². The zero-order valence-corrected chi connectivity index (χ0v) is 7.25. The first-order valence-corrected chi connectivity index (χ1v) is 4.14. The van der Waals surface area contributed by atoms with Crippen molar-refractivity contribution in [1.29, 1.82) is 0 Å². The Morgan fingerprint density at radius 2 is 2.36 bits per heavy atom. The monoisotopic (exact) mass is 158 g/mol. The van der Waals surface area contributed by atoms with Crippen molar-refractivity contribution in [3.63, 3.8) is 0 Å². The van der Waals surface area contributed by atoms with Crippen molar-refractivity contribution in [2.24, 2.45) is 0 Å². The fraction of sp³-hybridized carbons (Fsp3) is 1.00. The third kappa shape index (κ3) is 2.77. The molecule has 1 radical (unpaired) electrons. The van der Waals surface area contributed by atoms with Gasteiger partial charge in [-0.2, -0.15) is 0 Å². The van der Waals surface area contributed by atoms with E-state index in [1.165, 1.54) is 0 Å². The zero-order valence-electron chi connectivity index (χ0n) is 7.25. The van der Waals surface area contributed by atoms with Crippen LogP contribution in [0.1, 0.15) is 13.3 Å². The minimum atomic E-state index is 0.347. The second kappa shape index (κ2) is 4.70. The Labute approximate surface area is 68.1 Å². The third-order valence-electron chi connectivity index (χ3n) is 1.86. The van der Waals surface area contributed by atoms with E-state index in [1.807, 2.05) is 6.92 Å². The van der Waals surface area contributed by atoms with Gasteiger partial charge < -0.3 is 9.47 Å². The smallest absolute Gasteiger partial charge is 0.0732 e. The molecule has 0 spiro atoms. The molecule has 0 N–H and O–H groups in total. The van der Waals surface area contributed by atoms with Crippen LogP contribution in [0.5, 0.6) is 0 Å². The van der Waals surface area contributed by atoms with Gasteiger partial charge in [0.05, 0.1) is 18.8 Å². The van der Waals surface area contributed by atoms with Crippen LogP contribution in [0.15, 0.2) is 0 Å². The summed E-state index contributed by atoms with van der Waals surface area (Å²) < 4.78 is 10.4. The molecule has 11 heavy (non-hydrogen) atoms. The lowest BCUT2D eigenvalue weighted by Gasteiger charge is -2.08. The maximum Gasteiger partial charge on any atom is 0.0732 e. The molecule has 0 aliphatic carbocycles. The Bertz CT molecular complexity index is 96.3. The molecule has 1 fully saturated rings. The van der Waals surface area contributed by atoms with Gasteiger partial charge in [-0.15, -0.1) is 0 Å². The Kier molecular flexibility index (Phi) is 3.83. The molecular weight excluding hydrogens is 142 g/mol. The third-order valence-corrected chi connectivity index (χ3v) is 1.86. The standard InChI is InChI=1S/C8H16NO2/c1-3-11-8-4-7(6-10-2)9-5-8/h7-8H,3-6H2,1-2H3. The van der Waals surface area contributed by atoms with Crippen LogP contribution in [-0.2, 0) is 9.47 Å². The van der Waals surface area contributed by atoms with E-state index < -0.39 is 0 Å². The minimum absolute atomic E-state index is 0.347. The second-order valence-corrected chi connectivity index (χ2v) is 2.79. The summed E-state index contributed by atoms with van der Waals surface area (Å²) in [5, 5.41) is 4.38. The van der Waals surface area contributed by atoms with E-state index in [9.17, 15) is 0 Å². The predicted octanol–water partition coefficient (Wildman–Crippen LogP) is 0.415. The summed E-state index contributed by atoms with van der Waals surface area (Å²) in [4.78, 5) is 0. The fourth-order valence-corrected chi connectivity index (χ4v) is 1.39. The van der Waals surface area contributed by atoms with Crippen LogP contribution in [0.3, 0.4) is 0 Å². The highest BCUT2D eigenvalue weighted by Gasteiger charge is 2.24. The van der Waals surface area contributed by atoms with Crippen LogP contribution in [-0.4, -0.2) is 39.0 Å². The average molecular weight is 158 g/mol. The molecule has 65 valence electrons. The molecule has 3 nitrogen and oxygen atoms in total. The van der Waals surface area contributed by atoms with Crippen molar-refractivity contribution in [3.05, 3.63) is 0 Å². The summed E-state index contributed by atoms with van der Waals surface area (Å²) in [6.45, 7) is 4.40. The lowest BCUT2D eigenvalue weighted by Crippen LogP contribution is -2.19. The molecule has 1 saturated heterocycles. The molecule has 0 aromatic carbocycles. The Balaban J connectivity index is 2.12. The van der Waals surface area contributed by atoms with Gasteiger partial charge in [0, 0.05) is 20.3 Å². The molecule has 0 bridgehead atoms. The van der Waals surface area contributed by atoms with E-state index in [4.69, 9.17) is 9.47 Å². The van der Waals surface area contributed by atoms with Crippen LogP contribution < -0.4 is 5.32 Å². The Morgan fingerprint density at radius 1 is 1.55 bits per heavy atom. The molecule has 1 aliphatic rings. The van der Waals surface area contributed by atoms with Crippen LogP contribution in [0.25, 0.3) is 0 Å². The minimum Gasteiger partial charge on any atom is -0.383 e. The highest BCUT2D eigenvalue weighted by molar-refractivity contribution is 4.81. The van der Waals surface area contributed by atoms with E-state index in [1.54, 1.807) is 7.11 Å². The number of methoxy groups -OCH3 is 1. The van der Waals surface area contributed by atoms with Crippen molar-refractivity contribution in [2.45, 2.75) is 25.5 Å². The molecule has 2 unspecified atom stereocenters. The second-order valence-electron chi connectivity index (χ2n) is 2.79. The van der Waals surface area contributed by atoms with Gasteiger partial charge >= 0.3 is 0 Å². The van der Waals surface area contributed by atoms with Gasteiger partial charge in [-0.25, -0.2) is 5.32 Å². The summed E-state index contributed by atoms with van der Waals surface area (Å²) in [5.74, 6) is 0. The van der Waals surface area contributed by atoms with E-state index in [0.29, 0.717) is 12.1 Å². The highest BCUT2D eigenvalue weighted by atomic mass is 16.5. The van der Waals surface area contributed by atoms with Crippen molar-refractivity contribution in [1.82, 2.24) is 5.32 Å². The van der Waals surface area contributed by atoms with Gasteiger partial charge in [0.2, 0.25) is 0 Å². The molecule has 3 heteroatoms. The van der Waals surface area contributed by atoms with Crippen molar-refractivity contribution < 1.29 is 9.47 Å². The summed E-state index contributed by atoms with van der Waals surface area (Å²) in [6.07, 6.45) is 1.38. The van der Waals surface area contributed by atoms with Crippen LogP contribution in [0.4, 0.5) is 0 Å². The molecule has 1 aliphatic heterocycles. The van der Waals surface area contributed by atoms with E-state index in [2.05, 4.69) is 5.32 Å². The van der Waals surface area contributed by atoms with Gasteiger partial charge in [-0.1, -0.05) is 0 Å². The van der Waals surface area contributed by atoms with Gasteiger partial charge in [-0.3, -0.25) is 0 Å². The zero-order chi connectivity index (χ0) is 8.10. The van der Waals surface area contributed by atoms with Gasteiger partial charge in [0.25, 0.3) is 0 Å². The first-order chi connectivity index (χ1) is 5.36. The molecule has 1 rings (SSSR count). The fourth-order valence-electron chi connectivity index (χ4n) is 1.39. The topological polar surface area (TPSA) is 32.6 Å². The lowest BCUT2D eigenvalue weighted by atomic mass is 10.2. The Morgan fingerprint density at radius 3 is 3.00 bits per heavy atom. The van der Waals surface area contributed by atoms with E-state index >= 15 is 0 Å². The van der Waals surface area contributed by atoms with Crippen molar-refractivity contribution >= 4 is 0 Å². The molecule has 0 saturated carbocycles. The van der Waals surface area contributed by atoms with Gasteiger partial charge in [0.15, 0.2) is 0 Å².